The number of methoxy groups -OCH3 is 1. The number of hydrogen-bond acceptors (Lipinski definition) is 2. The van der Waals surface area contributed by atoms with Crippen molar-refractivity contribution in [2.45, 2.75) is 19.8 Å². The molecule has 0 aliphatic heterocycles. The first-order chi connectivity index (χ1) is 9.15. The third kappa shape index (κ3) is 5.38. The number of hydrogen-bond donors (Lipinski definition) is 0. The molecule has 2 aromatic carbocycles. The van der Waals surface area contributed by atoms with Gasteiger partial charge in [-0.25, -0.2) is 4.79 Å². The Balaban J connectivity index is 0.000000191. The maximum Gasteiger partial charge on any atom is 0.337 e. The molecule has 0 bridgehead atoms. The molecule has 0 aliphatic rings. The van der Waals surface area contributed by atoms with Gasteiger partial charge in [0.15, 0.2) is 0 Å². The van der Waals surface area contributed by atoms with Crippen LogP contribution < -0.4 is 0 Å². The predicted molar refractivity (Wildman–Crippen MR) is 78.3 cm³/mol. The molecule has 0 spiro atoms. The largest absolute Gasteiger partial charge is 0.465 e. The average Bonchev–Trinajstić information content (AvgIpc) is 2.49. The molecule has 0 atom stereocenters. The molecule has 2 heteroatoms. The van der Waals surface area contributed by atoms with Gasteiger partial charge in [-0.1, -0.05) is 62.4 Å². The van der Waals surface area contributed by atoms with Crippen molar-refractivity contribution in [3.8, 4) is 0 Å². The van der Waals surface area contributed by atoms with Gasteiger partial charge in [0.05, 0.1) is 12.7 Å². The molecule has 0 saturated carbocycles. The van der Waals surface area contributed by atoms with Gasteiger partial charge in [-0.05, 0) is 23.6 Å². The Morgan fingerprint density at radius 1 is 0.895 bits per heavy atom. The molecule has 0 amide bonds. The second kappa shape index (κ2) is 8.09. The van der Waals surface area contributed by atoms with Crippen LogP contribution in [0.3, 0.4) is 0 Å². The zero-order valence-corrected chi connectivity index (χ0v) is 11.7. The zero-order chi connectivity index (χ0) is 14.1. The molecule has 0 N–H and O–H groups in total. The van der Waals surface area contributed by atoms with Crippen molar-refractivity contribution < 1.29 is 9.53 Å². The van der Waals surface area contributed by atoms with Gasteiger partial charge in [0.1, 0.15) is 0 Å². The summed E-state index contributed by atoms with van der Waals surface area (Å²) in [5, 5.41) is 0. The smallest absolute Gasteiger partial charge is 0.337 e. The van der Waals surface area contributed by atoms with Crippen molar-refractivity contribution in [2.75, 3.05) is 7.11 Å². The van der Waals surface area contributed by atoms with E-state index in [0.717, 1.165) is 0 Å². The number of carbonyl (C=O) groups is 1. The highest BCUT2D eigenvalue weighted by Crippen LogP contribution is 2.11. The minimum Gasteiger partial charge on any atom is -0.465 e. The lowest BCUT2D eigenvalue weighted by molar-refractivity contribution is 0.0600. The Hall–Kier alpha value is -2.09. The van der Waals surface area contributed by atoms with Crippen molar-refractivity contribution in [1.29, 1.82) is 0 Å². The van der Waals surface area contributed by atoms with Crippen LogP contribution >= 0.6 is 0 Å². The summed E-state index contributed by atoms with van der Waals surface area (Å²) < 4.78 is 4.50. The summed E-state index contributed by atoms with van der Waals surface area (Å²) in [4.78, 5) is 10.8. The molecule has 0 aromatic heterocycles. The summed E-state index contributed by atoms with van der Waals surface area (Å²) in [6.07, 6.45) is 0. The van der Waals surface area contributed by atoms with Crippen LogP contribution in [0.5, 0.6) is 0 Å². The van der Waals surface area contributed by atoms with E-state index in [0.29, 0.717) is 11.5 Å². The second-order valence-electron chi connectivity index (χ2n) is 4.42. The fraction of sp³-hybridized carbons (Fsp3) is 0.235. The Kier molecular flexibility index (Phi) is 6.37. The topological polar surface area (TPSA) is 26.3 Å². The Morgan fingerprint density at radius 2 is 1.37 bits per heavy atom. The highest BCUT2D eigenvalue weighted by molar-refractivity contribution is 5.89. The standard InChI is InChI=1S/C9H12.C8H8O2/c1-8(2)9-6-4-3-5-7-9;1-10-8(9)7-5-3-2-4-6-7/h3-8H,1-2H3;2-6H,1H3. The summed E-state index contributed by atoms with van der Waals surface area (Å²) in [6, 6.07) is 19.4. The van der Waals surface area contributed by atoms with Gasteiger partial charge in [0, 0.05) is 0 Å². The van der Waals surface area contributed by atoms with Crippen LogP contribution in [-0.4, -0.2) is 13.1 Å². The van der Waals surface area contributed by atoms with Crippen LogP contribution in [0.1, 0.15) is 35.7 Å². The zero-order valence-electron chi connectivity index (χ0n) is 11.7. The molecular formula is C17H20O2. The van der Waals surface area contributed by atoms with E-state index in [2.05, 4.69) is 42.8 Å². The Bertz CT molecular complexity index is 475. The molecule has 2 aromatic rings. The Morgan fingerprint density at radius 3 is 1.74 bits per heavy atom. The average molecular weight is 256 g/mol. The minimum absolute atomic E-state index is 0.291. The second-order valence-corrected chi connectivity index (χ2v) is 4.42. The molecule has 0 saturated heterocycles. The third-order valence-corrected chi connectivity index (χ3v) is 2.66. The molecule has 0 heterocycles. The van der Waals surface area contributed by atoms with E-state index in [-0.39, 0.29) is 5.97 Å². The van der Waals surface area contributed by atoms with Crippen molar-refractivity contribution in [1.82, 2.24) is 0 Å². The quantitative estimate of drug-likeness (QED) is 0.749. The van der Waals surface area contributed by atoms with E-state index in [1.807, 2.05) is 12.1 Å². The maximum absolute atomic E-state index is 10.8. The van der Waals surface area contributed by atoms with Crippen molar-refractivity contribution >= 4 is 5.97 Å². The van der Waals surface area contributed by atoms with Crippen LogP contribution in [-0.2, 0) is 4.74 Å². The van der Waals surface area contributed by atoms with Crippen molar-refractivity contribution in [2.24, 2.45) is 0 Å². The van der Waals surface area contributed by atoms with Gasteiger partial charge in [-0.15, -0.1) is 0 Å². The highest BCUT2D eigenvalue weighted by atomic mass is 16.5. The first-order valence-electron chi connectivity index (χ1n) is 6.33. The van der Waals surface area contributed by atoms with E-state index in [9.17, 15) is 4.79 Å². The van der Waals surface area contributed by atoms with Crippen LogP contribution in [0.15, 0.2) is 60.7 Å². The molecule has 100 valence electrons. The Labute approximate surface area is 115 Å². The molecule has 2 rings (SSSR count). The molecule has 0 radical (unpaired) electrons. The SMILES string of the molecule is CC(C)c1ccccc1.COC(=O)c1ccccc1. The van der Waals surface area contributed by atoms with Crippen LogP contribution in [0.2, 0.25) is 0 Å². The minimum atomic E-state index is -0.291. The molecule has 0 unspecified atom stereocenters. The van der Waals surface area contributed by atoms with Gasteiger partial charge in [0.2, 0.25) is 0 Å². The van der Waals surface area contributed by atoms with E-state index in [1.54, 1.807) is 24.3 Å². The molecule has 0 fully saturated rings. The number of esters is 1. The summed E-state index contributed by atoms with van der Waals surface area (Å²) in [6.45, 7) is 4.41. The van der Waals surface area contributed by atoms with Crippen molar-refractivity contribution in [3.63, 3.8) is 0 Å². The summed E-state index contributed by atoms with van der Waals surface area (Å²) >= 11 is 0. The number of carbonyl (C=O) groups excluding carboxylic acids is 1. The van der Waals surface area contributed by atoms with Crippen LogP contribution in [0, 0.1) is 0 Å². The van der Waals surface area contributed by atoms with Gasteiger partial charge in [0.25, 0.3) is 0 Å². The normalized spacial score (nSPS) is 9.47. The fourth-order valence-corrected chi connectivity index (χ4v) is 1.53. The van der Waals surface area contributed by atoms with Crippen LogP contribution in [0.4, 0.5) is 0 Å². The molecule has 19 heavy (non-hydrogen) atoms. The number of ether oxygens (including phenoxy) is 1. The van der Waals surface area contributed by atoms with E-state index < -0.39 is 0 Å². The maximum atomic E-state index is 10.8. The van der Waals surface area contributed by atoms with Gasteiger partial charge >= 0.3 is 5.97 Å². The third-order valence-electron chi connectivity index (χ3n) is 2.66. The van der Waals surface area contributed by atoms with Crippen molar-refractivity contribution in [3.05, 3.63) is 71.8 Å². The van der Waals surface area contributed by atoms with E-state index >= 15 is 0 Å². The molecular weight excluding hydrogens is 236 g/mol. The van der Waals surface area contributed by atoms with Gasteiger partial charge in [-0.3, -0.25) is 0 Å². The monoisotopic (exact) mass is 256 g/mol. The first-order valence-corrected chi connectivity index (χ1v) is 6.33. The van der Waals surface area contributed by atoms with Gasteiger partial charge in [-0.2, -0.15) is 0 Å². The predicted octanol–water partition coefficient (Wildman–Crippen LogP) is 4.28. The lowest BCUT2D eigenvalue weighted by Gasteiger charge is -2.01. The number of benzene rings is 2. The van der Waals surface area contributed by atoms with E-state index in [4.69, 9.17) is 0 Å². The highest BCUT2D eigenvalue weighted by Gasteiger charge is 2.00. The number of rotatable bonds is 2. The fourth-order valence-electron chi connectivity index (χ4n) is 1.53. The lowest BCUT2D eigenvalue weighted by atomic mass is 10.0. The van der Waals surface area contributed by atoms with Gasteiger partial charge < -0.3 is 4.74 Å². The van der Waals surface area contributed by atoms with E-state index in [1.165, 1.54) is 12.7 Å². The lowest BCUT2D eigenvalue weighted by Crippen LogP contribution is -1.99. The summed E-state index contributed by atoms with van der Waals surface area (Å²) in [7, 11) is 1.37. The van der Waals surface area contributed by atoms with Crippen LogP contribution in [0.25, 0.3) is 0 Å². The molecule has 0 aliphatic carbocycles. The first kappa shape index (κ1) is 15.0. The summed E-state index contributed by atoms with van der Waals surface area (Å²) in [5.41, 5.74) is 2.00. The molecule has 2 nitrogen and oxygen atoms in total. The summed E-state index contributed by atoms with van der Waals surface area (Å²) in [5.74, 6) is 0.367.